The average Bonchev–Trinajstić information content (AvgIpc) is 3.83. The lowest BCUT2D eigenvalue weighted by Gasteiger charge is -2.60. The summed E-state index contributed by atoms with van der Waals surface area (Å²) in [6.07, 6.45) is 10.3. The zero-order valence-corrected chi connectivity index (χ0v) is 25.6. The Morgan fingerprint density at radius 1 is 1.00 bits per heavy atom. The van der Waals surface area contributed by atoms with Crippen molar-refractivity contribution >= 4 is 0 Å². The van der Waals surface area contributed by atoms with Gasteiger partial charge in [0.1, 0.15) is 5.75 Å². The van der Waals surface area contributed by atoms with Crippen LogP contribution < -0.4 is 0 Å². The molecule has 0 radical (unpaired) electrons. The molecule has 0 amide bonds. The topological polar surface area (TPSA) is 46.9 Å². The van der Waals surface area contributed by atoms with Crippen molar-refractivity contribution < 1.29 is 10.2 Å². The Bertz CT molecular complexity index is 1310. The number of hydrogen-bond donors (Lipinski definition) is 2. The molecule has 2 bridgehead atoms. The Morgan fingerprint density at radius 2 is 1.67 bits per heavy atom. The van der Waals surface area contributed by atoms with Gasteiger partial charge in [-0.3, -0.25) is 9.80 Å². The highest BCUT2D eigenvalue weighted by Gasteiger charge is 2.57. The van der Waals surface area contributed by atoms with Gasteiger partial charge in [-0.2, -0.15) is 0 Å². The highest BCUT2D eigenvalue weighted by molar-refractivity contribution is 5.46. The van der Waals surface area contributed by atoms with Crippen LogP contribution in [0.3, 0.4) is 0 Å². The van der Waals surface area contributed by atoms with Crippen LogP contribution in [-0.2, 0) is 11.8 Å². The van der Waals surface area contributed by atoms with E-state index in [1.807, 2.05) is 6.07 Å². The van der Waals surface area contributed by atoms with E-state index in [0.29, 0.717) is 17.7 Å². The van der Waals surface area contributed by atoms with Gasteiger partial charge in [0.25, 0.3) is 0 Å². The van der Waals surface area contributed by atoms with Gasteiger partial charge in [-0.1, -0.05) is 87.0 Å². The second-order valence-corrected chi connectivity index (χ2v) is 13.2. The van der Waals surface area contributed by atoms with Crippen molar-refractivity contribution in [1.82, 2.24) is 9.80 Å². The Morgan fingerprint density at radius 3 is 2.26 bits per heavy atom. The maximum atomic E-state index is 10.8. The molecular formula is C38H48N2O2. The van der Waals surface area contributed by atoms with E-state index in [1.165, 1.54) is 47.9 Å². The predicted molar refractivity (Wildman–Crippen MR) is 172 cm³/mol. The molecule has 42 heavy (non-hydrogen) atoms. The van der Waals surface area contributed by atoms with Crippen molar-refractivity contribution in [2.75, 3.05) is 20.1 Å². The standard InChI is InChI=1S/C38H48N2O2/c1-4-11-35(39(3)37(29-12-7-5-8-13-29)30-14-9-6-10-15-30)33(20-23-41)38-21-22-40(26-28-16-17-28)36(27(38)2)24-31-18-19-32(42)25-34(31)38/h5-10,12-15,18-20,23,25,27-28,33,35-37,41-42H,4,11,16-17,21-22,24,26H2,1-3H3. The van der Waals surface area contributed by atoms with Gasteiger partial charge in [-0.05, 0) is 98.0 Å². The fourth-order valence-electron chi connectivity index (χ4n) is 8.77. The predicted octanol–water partition coefficient (Wildman–Crippen LogP) is 7.88. The minimum absolute atomic E-state index is 0.0730. The lowest BCUT2D eigenvalue weighted by Crippen LogP contribution is -2.64. The van der Waals surface area contributed by atoms with Crippen LogP contribution in [0.15, 0.2) is 91.2 Å². The number of fused-ring (bicyclic) bond motifs is 4. The first-order valence-electron chi connectivity index (χ1n) is 16.2. The molecule has 6 rings (SSSR count). The first-order valence-corrected chi connectivity index (χ1v) is 16.2. The molecule has 0 aromatic heterocycles. The maximum absolute atomic E-state index is 10.8. The van der Waals surface area contributed by atoms with E-state index < -0.39 is 0 Å². The summed E-state index contributed by atoms with van der Waals surface area (Å²) in [5, 5.41) is 21.4. The van der Waals surface area contributed by atoms with E-state index >= 15 is 0 Å². The molecule has 5 atom stereocenters. The van der Waals surface area contributed by atoms with E-state index in [4.69, 9.17) is 0 Å². The van der Waals surface area contributed by atoms with Crippen LogP contribution in [0.4, 0.5) is 0 Å². The molecule has 3 aliphatic rings. The summed E-state index contributed by atoms with van der Waals surface area (Å²) in [6, 6.07) is 28.6. The maximum Gasteiger partial charge on any atom is 0.115 e. The molecule has 3 aromatic rings. The van der Waals surface area contributed by atoms with E-state index in [9.17, 15) is 10.2 Å². The third-order valence-corrected chi connectivity index (χ3v) is 10.9. The Kier molecular flexibility index (Phi) is 8.47. The van der Waals surface area contributed by atoms with E-state index in [0.717, 1.165) is 38.1 Å². The number of nitrogens with zero attached hydrogens (tertiary/aromatic N) is 2. The van der Waals surface area contributed by atoms with Crippen molar-refractivity contribution in [1.29, 1.82) is 0 Å². The zero-order valence-electron chi connectivity index (χ0n) is 25.6. The summed E-state index contributed by atoms with van der Waals surface area (Å²) in [5.41, 5.74) is 5.04. The Labute approximate surface area is 252 Å². The van der Waals surface area contributed by atoms with Gasteiger partial charge in [-0.15, -0.1) is 0 Å². The smallest absolute Gasteiger partial charge is 0.115 e. The first-order chi connectivity index (χ1) is 20.5. The Hall–Kier alpha value is -3.08. The number of phenols is 1. The summed E-state index contributed by atoms with van der Waals surface area (Å²) in [5.74, 6) is 1.66. The molecule has 1 heterocycles. The van der Waals surface area contributed by atoms with Gasteiger partial charge in [0, 0.05) is 30.0 Å². The molecule has 2 aliphatic carbocycles. The van der Waals surface area contributed by atoms with Crippen molar-refractivity contribution in [2.24, 2.45) is 17.8 Å². The van der Waals surface area contributed by atoms with Gasteiger partial charge >= 0.3 is 0 Å². The van der Waals surface area contributed by atoms with E-state index in [-0.39, 0.29) is 23.4 Å². The number of hydrogen-bond acceptors (Lipinski definition) is 4. The number of piperidine rings is 1. The average molecular weight is 565 g/mol. The van der Waals surface area contributed by atoms with Crippen LogP contribution in [0.1, 0.15) is 74.2 Å². The number of aromatic hydroxyl groups is 1. The van der Waals surface area contributed by atoms with Gasteiger partial charge in [0.05, 0.1) is 12.3 Å². The molecule has 1 saturated carbocycles. The quantitative estimate of drug-likeness (QED) is 0.233. The summed E-state index contributed by atoms with van der Waals surface area (Å²) in [6.45, 7) is 7.02. The van der Waals surface area contributed by atoms with Crippen LogP contribution in [-0.4, -0.2) is 52.2 Å². The molecule has 5 unspecified atom stereocenters. The van der Waals surface area contributed by atoms with Gasteiger partial charge in [0.15, 0.2) is 0 Å². The molecular weight excluding hydrogens is 516 g/mol. The highest BCUT2D eigenvalue weighted by Crippen LogP contribution is 2.56. The highest BCUT2D eigenvalue weighted by atomic mass is 16.3. The lowest BCUT2D eigenvalue weighted by atomic mass is 9.51. The minimum Gasteiger partial charge on any atom is -0.516 e. The normalized spacial score (nSPS) is 25.5. The van der Waals surface area contributed by atoms with Gasteiger partial charge in [-0.25, -0.2) is 0 Å². The van der Waals surface area contributed by atoms with Gasteiger partial charge in [0.2, 0.25) is 0 Å². The SMILES string of the molecule is CCCC(C(C=CO)C12CCN(CC3CC3)C(Cc3ccc(O)cc31)C2C)N(C)C(c1ccccc1)c1ccccc1. The van der Waals surface area contributed by atoms with Crippen LogP contribution in [0.25, 0.3) is 0 Å². The van der Waals surface area contributed by atoms with Crippen LogP contribution in [0, 0.1) is 17.8 Å². The monoisotopic (exact) mass is 564 g/mol. The molecule has 2 fully saturated rings. The third-order valence-electron chi connectivity index (χ3n) is 10.9. The van der Waals surface area contributed by atoms with Crippen LogP contribution in [0.5, 0.6) is 5.75 Å². The molecule has 4 nitrogen and oxygen atoms in total. The molecule has 222 valence electrons. The largest absolute Gasteiger partial charge is 0.516 e. The van der Waals surface area contributed by atoms with E-state index in [2.05, 4.69) is 110 Å². The van der Waals surface area contributed by atoms with Crippen molar-refractivity contribution in [3.8, 4) is 5.75 Å². The number of phenolic OH excluding ortho intramolecular Hbond substituents is 1. The fourth-order valence-corrected chi connectivity index (χ4v) is 8.77. The summed E-state index contributed by atoms with van der Waals surface area (Å²) in [4.78, 5) is 5.37. The lowest BCUT2D eigenvalue weighted by molar-refractivity contribution is -0.0246. The second-order valence-electron chi connectivity index (χ2n) is 13.2. The second kappa shape index (κ2) is 12.3. The molecule has 1 aliphatic heterocycles. The number of likely N-dealkylation sites (tertiary alicyclic amines) is 1. The van der Waals surface area contributed by atoms with Crippen LogP contribution in [0.2, 0.25) is 0 Å². The third kappa shape index (κ3) is 5.29. The molecule has 2 N–H and O–H groups in total. The minimum atomic E-state index is -0.192. The molecule has 4 heteroatoms. The summed E-state index contributed by atoms with van der Waals surface area (Å²) in [7, 11) is 2.29. The Balaban J connectivity index is 1.48. The number of aliphatic hydroxyl groups excluding tert-OH is 1. The molecule has 3 aromatic carbocycles. The van der Waals surface area contributed by atoms with Crippen molar-refractivity contribution in [2.45, 2.75) is 75.9 Å². The summed E-state index contributed by atoms with van der Waals surface area (Å²) < 4.78 is 0. The number of benzene rings is 3. The van der Waals surface area contributed by atoms with Gasteiger partial charge < -0.3 is 10.2 Å². The zero-order chi connectivity index (χ0) is 29.3. The van der Waals surface area contributed by atoms with Crippen LogP contribution >= 0.6 is 0 Å². The number of rotatable bonds is 11. The first kappa shape index (κ1) is 29.0. The fraction of sp³-hybridized carbons (Fsp3) is 0.474. The van der Waals surface area contributed by atoms with E-state index in [1.54, 1.807) is 0 Å². The molecule has 1 saturated heterocycles. The van der Waals surface area contributed by atoms with Crippen molar-refractivity contribution in [3.05, 3.63) is 113 Å². The number of aliphatic hydroxyl groups is 1. The molecule has 0 spiro atoms. The summed E-state index contributed by atoms with van der Waals surface area (Å²) >= 11 is 0. The van der Waals surface area contributed by atoms with Crippen molar-refractivity contribution in [3.63, 3.8) is 0 Å².